The van der Waals surface area contributed by atoms with E-state index in [2.05, 4.69) is 15.5 Å². The van der Waals surface area contributed by atoms with E-state index in [1.54, 1.807) is 19.1 Å². The Balaban J connectivity index is 2.02. The van der Waals surface area contributed by atoms with E-state index in [1.807, 2.05) is 13.0 Å². The maximum Gasteiger partial charge on any atom is 0.237 e. The molecule has 20 heavy (non-hydrogen) atoms. The van der Waals surface area contributed by atoms with Crippen molar-refractivity contribution < 1.29 is 4.79 Å². The smallest absolute Gasteiger partial charge is 0.237 e. The standard InChI is InChI=1S/C12H13ClN4OS2/c1-6-8(13)4-3-5-9(6)15-10(18)7(2)19-12-17-16-11(14)20-12/h3-5,7H,1-2H3,(H2,14,16)(H,15,18)/t7-/m1/s1. The minimum atomic E-state index is -0.305. The first-order valence-electron chi connectivity index (χ1n) is 5.79. The molecule has 1 heterocycles. The molecule has 0 aliphatic carbocycles. The summed E-state index contributed by atoms with van der Waals surface area (Å²) in [4.78, 5) is 12.1. The molecule has 106 valence electrons. The second kappa shape index (κ2) is 6.43. The summed E-state index contributed by atoms with van der Waals surface area (Å²) in [5.41, 5.74) is 7.07. The van der Waals surface area contributed by atoms with Gasteiger partial charge in [0.05, 0.1) is 5.25 Å². The highest BCUT2D eigenvalue weighted by Gasteiger charge is 2.17. The molecular formula is C12H13ClN4OS2. The van der Waals surface area contributed by atoms with Gasteiger partial charge in [-0.2, -0.15) is 0 Å². The lowest BCUT2D eigenvalue weighted by molar-refractivity contribution is -0.115. The minimum Gasteiger partial charge on any atom is -0.374 e. The molecule has 8 heteroatoms. The fraction of sp³-hybridized carbons (Fsp3) is 0.250. The number of nitrogens with zero attached hydrogens (tertiary/aromatic N) is 2. The van der Waals surface area contributed by atoms with E-state index in [-0.39, 0.29) is 11.2 Å². The van der Waals surface area contributed by atoms with Crippen LogP contribution in [0.5, 0.6) is 0 Å². The molecule has 2 rings (SSSR count). The van der Waals surface area contributed by atoms with E-state index in [0.717, 1.165) is 5.56 Å². The summed E-state index contributed by atoms with van der Waals surface area (Å²) in [6.45, 7) is 3.67. The third-order valence-electron chi connectivity index (χ3n) is 2.59. The van der Waals surface area contributed by atoms with Crippen LogP contribution in [0.15, 0.2) is 22.5 Å². The van der Waals surface area contributed by atoms with Gasteiger partial charge in [0.15, 0.2) is 4.34 Å². The number of hydrogen-bond donors (Lipinski definition) is 2. The second-order valence-corrected chi connectivity index (χ2v) is 7.07. The zero-order chi connectivity index (χ0) is 14.7. The zero-order valence-corrected chi connectivity index (χ0v) is 13.3. The normalized spacial score (nSPS) is 12.2. The molecule has 3 N–H and O–H groups in total. The largest absolute Gasteiger partial charge is 0.374 e. The van der Waals surface area contributed by atoms with E-state index >= 15 is 0 Å². The highest BCUT2D eigenvalue weighted by atomic mass is 35.5. The van der Waals surface area contributed by atoms with Crippen molar-refractivity contribution in [2.24, 2.45) is 0 Å². The van der Waals surface area contributed by atoms with E-state index in [9.17, 15) is 4.79 Å². The third-order valence-corrected chi connectivity index (χ3v) is 4.94. The van der Waals surface area contributed by atoms with Crippen molar-refractivity contribution in [1.82, 2.24) is 10.2 Å². The van der Waals surface area contributed by atoms with Crippen LogP contribution in [0.25, 0.3) is 0 Å². The number of aromatic nitrogens is 2. The molecule has 0 saturated carbocycles. The van der Waals surface area contributed by atoms with Gasteiger partial charge in [0.1, 0.15) is 0 Å². The second-order valence-electron chi connectivity index (χ2n) is 4.07. The van der Waals surface area contributed by atoms with Gasteiger partial charge in [0, 0.05) is 10.7 Å². The summed E-state index contributed by atoms with van der Waals surface area (Å²) >= 11 is 8.61. The van der Waals surface area contributed by atoms with Crippen molar-refractivity contribution in [3.63, 3.8) is 0 Å². The number of rotatable bonds is 4. The van der Waals surface area contributed by atoms with Gasteiger partial charge < -0.3 is 11.1 Å². The first kappa shape index (κ1) is 15.1. The number of nitrogens with two attached hydrogens (primary N) is 1. The molecule has 5 nitrogen and oxygen atoms in total. The predicted octanol–water partition coefficient (Wildman–Crippen LogP) is 3.20. The van der Waals surface area contributed by atoms with Crippen LogP contribution in [0.1, 0.15) is 12.5 Å². The molecule has 0 saturated heterocycles. The molecule has 1 aromatic heterocycles. The van der Waals surface area contributed by atoms with Crippen LogP contribution in [-0.2, 0) is 4.79 Å². The lowest BCUT2D eigenvalue weighted by Gasteiger charge is -2.12. The zero-order valence-electron chi connectivity index (χ0n) is 10.9. The number of thioether (sulfide) groups is 1. The molecule has 0 unspecified atom stereocenters. The van der Waals surface area contributed by atoms with Crippen LogP contribution in [-0.4, -0.2) is 21.4 Å². The number of benzene rings is 1. The van der Waals surface area contributed by atoms with Gasteiger partial charge in [-0.25, -0.2) is 0 Å². The Kier molecular flexibility index (Phi) is 4.85. The van der Waals surface area contributed by atoms with Crippen molar-refractivity contribution >= 4 is 51.4 Å². The Morgan fingerprint density at radius 3 is 2.90 bits per heavy atom. The minimum absolute atomic E-state index is 0.117. The molecule has 1 amide bonds. The SMILES string of the molecule is Cc1c(Cl)cccc1NC(=O)[C@@H](C)Sc1nnc(N)s1. The number of anilines is 2. The van der Waals surface area contributed by atoms with Crippen LogP contribution < -0.4 is 11.1 Å². The number of hydrogen-bond acceptors (Lipinski definition) is 6. The number of halogens is 1. The third kappa shape index (κ3) is 3.62. The number of carbonyl (C=O) groups is 1. The molecule has 1 aromatic carbocycles. The van der Waals surface area contributed by atoms with Gasteiger partial charge in [-0.3, -0.25) is 4.79 Å². The first-order valence-corrected chi connectivity index (χ1v) is 7.86. The van der Waals surface area contributed by atoms with Crippen LogP contribution in [0.3, 0.4) is 0 Å². The van der Waals surface area contributed by atoms with Crippen LogP contribution in [0, 0.1) is 6.92 Å². The molecule has 0 fully saturated rings. The van der Waals surface area contributed by atoms with E-state index in [0.29, 0.717) is 20.2 Å². The van der Waals surface area contributed by atoms with Crippen LogP contribution >= 0.6 is 34.7 Å². The molecule has 0 bridgehead atoms. The predicted molar refractivity (Wildman–Crippen MR) is 84.5 cm³/mol. The maximum atomic E-state index is 12.1. The van der Waals surface area contributed by atoms with Crippen molar-refractivity contribution in [2.45, 2.75) is 23.4 Å². The number of carbonyl (C=O) groups excluding carboxylic acids is 1. The van der Waals surface area contributed by atoms with E-state index in [1.165, 1.54) is 23.1 Å². The highest BCUT2D eigenvalue weighted by Crippen LogP contribution is 2.29. The molecule has 0 radical (unpaired) electrons. The van der Waals surface area contributed by atoms with Gasteiger partial charge in [-0.05, 0) is 31.5 Å². The molecule has 0 aliphatic rings. The van der Waals surface area contributed by atoms with Crippen molar-refractivity contribution in [2.75, 3.05) is 11.1 Å². The molecular weight excluding hydrogens is 316 g/mol. The molecule has 2 aromatic rings. The molecule has 1 atom stereocenters. The number of amides is 1. The average molecular weight is 329 g/mol. The summed E-state index contributed by atoms with van der Waals surface area (Å²) in [7, 11) is 0. The van der Waals surface area contributed by atoms with Crippen molar-refractivity contribution in [3.05, 3.63) is 28.8 Å². The summed E-state index contributed by atoms with van der Waals surface area (Å²) in [5.74, 6) is -0.117. The Bertz CT molecular complexity index is 632. The number of nitrogens with one attached hydrogen (secondary N) is 1. The van der Waals surface area contributed by atoms with Gasteiger partial charge in [0.2, 0.25) is 11.0 Å². The van der Waals surface area contributed by atoms with Crippen molar-refractivity contribution in [3.8, 4) is 0 Å². The highest BCUT2D eigenvalue weighted by molar-refractivity contribution is 8.02. The van der Waals surface area contributed by atoms with Gasteiger partial charge >= 0.3 is 0 Å². The summed E-state index contributed by atoms with van der Waals surface area (Å²) in [6, 6.07) is 5.41. The maximum absolute atomic E-state index is 12.1. The summed E-state index contributed by atoms with van der Waals surface area (Å²) in [6.07, 6.45) is 0. The monoisotopic (exact) mass is 328 g/mol. The quantitative estimate of drug-likeness (QED) is 0.842. The summed E-state index contributed by atoms with van der Waals surface area (Å²) < 4.78 is 0.674. The molecule has 0 spiro atoms. The first-order chi connectivity index (χ1) is 9.47. The lowest BCUT2D eigenvalue weighted by Crippen LogP contribution is -2.22. The lowest BCUT2D eigenvalue weighted by atomic mass is 10.2. The van der Waals surface area contributed by atoms with Gasteiger partial charge in [-0.1, -0.05) is 40.8 Å². The van der Waals surface area contributed by atoms with Crippen molar-refractivity contribution in [1.29, 1.82) is 0 Å². The molecule has 0 aliphatic heterocycles. The van der Waals surface area contributed by atoms with Crippen LogP contribution in [0.4, 0.5) is 10.8 Å². The van der Waals surface area contributed by atoms with Crippen LogP contribution in [0.2, 0.25) is 5.02 Å². The fourth-order valence-electron chi connectivity index (χ4n) is 1.45. The number of nitrogen functional groups attached to an aromatic ring is 1. The Hall–Kier alpha value is -1.31. The Morgan fingerprint density at radius 1 is 1.50 bits per heavy atom. The summed E-state index contributed by atoms with van der Waals surface area (Å²) in [5, 5.41) is 11.2. The topological polar surface area (TPSA) is 80.9 Å². The van der Waals surface area contributed by atoms with Gasteiger partial charge in [-0.15, -0.1) is 10.2 Å². The van der Waals surface area contributed by atoms with E-state index in [4.69, 9.17) is 17.3 Å². The van der Waals surface area contributed by atoms with Gasteiger partial charge in [0.25, 0.3) is 0 Å². The van der Waals surface area contributed by atoms with E-state index < -0.39 is 0 Å². The Morgan fingerprint density at radius 2 is 2.25 bits per heavy atom. The Labute approximate surface area is 129 Å². The fourth-order valence-corrected chi connectivity index (χ4v) is 3.40. The average Bonchev–Trinajstić information content (AvgIpc) is 2.80.